The second-order valence-electron chi connectivity index (χ2n) is 2.97. The van der Waals surface area contributed by atoms with Crippen molar-refractivity contribution in [1.82, 2.24) is 10.2 Å². The van der Waals surface area contributed by atoms with Gasteiger partial charge in [-0.15, -0.1) is 0 Å². The zero-order valence-electron chi connectivity index (χ0n) is 8.61. The molecule has 0 aromatic heterocycles. The molecule has 1 atom stereocenters. The molecule has 0 spiro atoms. The zero-order chi connectivity index (χ0) is 11.1. The van der Waals surface area contributed by atoms with Crippen molar-refractivity contribution in [2.75, 3.05) is 25.6 Å². The summed E-state index contributed by atoms with van der Waals surface area (Å²) in [6, 6.07) is -0.257. The third-order valence-electron chi connectivity index (χ3n) is 1.78. The van der Waals surface area contributed by atoms with Crippen molar-refractivity contribution >= 4 is 23.8 Å². The lowest BCUT2D eigenvalue weighted by Gasteiger charge is -2.24. The highest BCUT2D eigenvalue weighted by Gasteiger charge is 2.15. The van der Waals surface area contributed by atoms with Crippen molar-refractivity contribution in [3.63, 3.8) is 0 Å². The Morgan fingerprint density at radius 3 is 2.57 bits per heavy atom. The fourth-order valence-corrected chi connectivity index (χ4v) is 1.54. The first-order valence-electron chi connectivity index (χ1n) is 4.20. The second kappa shape index (κ2) is 6.53. The predicted octanol–water partition coefficient (Wildman–Crippen LogP) is 0.464. The zero-order valence-corrected chi connectivity index (χ0v) is 9.43. The molecule has 0 aliphatic rings. The van der Waals surface area contributed by atoms with Gasteiger partial charge >= 0.3 is 12.0 Å². The van der Waals surface area contributed by atoms with Gasteiger partial charge < -0.3 is 15.3 Å². The SMILES string of the molecule is CSCC(C)N(C)C(=O)NCC(=O)O. The van der Waals surface area contributed by atoms with Crippen LogP contribution in [0.2, 0.25) is 0 Å². The molecule has 0 aliphatic carbocycles. The van der Waals surface area contributed by atoms with Crippen LogP contribution in [0.15, 0.2) is 0 Å². The third kappa shape index (κ3) is 4.96. The molecule has 0 saturated heterocycles. The summed E-state index contributed by atoms with van der Waals surface area (Å²) in [6.45, 7) is 1.58. The number of nitrogens with zero attached hydrogens (tertiary/aromatic N) is 1. The van der Waals surface area contributed by atoms with Gasteiger partial charge in [-0.2, -0.15) is 11.8 Å². The number of amides is 2. The molecular formula is C8H16N2O3S. The smallest absolute Gasteiger partial charge is 0.323 e. The molecule has 0 aromatic carbocycles. The maximum atomic E-state index is 11.3. The highest BCUT2D eigenvalue weighted by molar-refractivity contribution is 7.98. The van der Waals surface area contributed by atoms with E-state index in [1.54, 1.807) is 18.8 Å². The van der Waals surface area contributed by atoms with Crippen molar-refractivity contribution in [1.29, 1.82) is 0 Å². The molecule has 0 bridgehead atoms. The van der Waals surface area contributed by atoms with Crippen molar-refractivity contribution in [3.05, 3.63) is 0 Å². The Kier molecular flexibility index (Phi) is 6.11. The van der Waals surface area contributed by atoms with Gasteiger partial charge in [-0.1, -0.05) is 0 Å². The Balaban J connectivity index is 3.91. The quantitative estimate of drug-likeness (QED) is 0.706. The number of carboxylic acids is 1. The van der Waals surface area contributed by atoms with E-state index in [1.807, 2.05) is 13.2 Å². The fourth-order valence-electron chi connectivity index (χ4n) is 0.829. The number of thioether (sulfide) groups is 1. The van der Waals surface area contributed by atoms with Gasteiger partial charge in [-0.05, 0) is 13.2 Å². The van der Waals surface area contributed by atoms with Gasteiger partial charge in [0.25, 0.3) is 0 Å². The molecule has 0 aliphatic heterocycles. The minimum atomic E-state index is -1.04. The summed E-state index contributed by atoms with van der Waals surface area (Å²) in [5.74, 6) is -0.207. The van der Waals surface area contributed by atoms with Crippen LogP contribution in [0.25, 0.3) is 0 Å². The van der Waals surface area contributed by atoms with Gasteiger partial charge in [0.1, 0.15) is 6.54 Å². The highest BCUT2D eigenvalue weighted by Crippen LogP contribution is 2.03. The normalized spacial score (nSPS) is 11.9. The molecule has 0 fully saturated rings. The summed E-state index contributed by atoms with van der Waals surface area (Å²) in [5.41, 5.74) is 0. The Hall–Kier alpha value is -0.910. The molecule has 2 N–H and O–H groups in total. The van der Waals surface area contributed by atoms with E-state index in [0.29, 0.717) is 0 Å². The predicted molar refractivity (Wildman–Crippen MR) is 56.6 cm³/mol. The van der Waals surface area contributed by atoms with Crippen LogP contribution in [0, 0.1) is 0 Å². The monoisotopic (exact) mass is 220 g/mol. The minimum absolute atomic E-state index is 0.0961. The van der Waals surface area contributed by atoms with Crippen LogP contribution >= 0.6 is 11.8 Å². The largest absolute Gasteiger partial charge is 0.480 e. The van der Waals surface area contributed by atoms with E-state index in [9.17, 15) is 9.59 Å². The van der Waals surface area contributed by atoms with Crippen molar-refractivity contribution in [3.8, 4) is 0 Å². The molecule has 0 radical (unpaired) electrons. The van der Waals surface area contributed by atoms with Crippen molar-refractivity contribution < 1.29 is 14.7 Å². The fraction of sp³-hybridized carbons (Fsp3) is 0.750. The average molecular weight is 220 g/mol. The minimum Gasteiger partial charge on any atom is -0.480 e. The summed E-state index contributed by atoms with van der Waals surface area (Å²) in [4.78, 5) is 23.0. The van der Waals surface area contributed by atoms with E-state index < -0.39 is 5.97 Å². The van der Waals surface area contributed by atoms with Gasteiger partial charge in [-0.3, -0.25) is 4.79 Å². The average Bonchev–Trinajstić information content (AvgIpc) is 2.13. The second-order valence-corrected chi connectivity index (χ2v) is 3.88. The molecular weight excluding hydrogens is 204 g/mol. The van der Waals surface area contributed by atoms with Gasteiger partial charge in [0.05, 0.1) is 0 Å². The lowest BCUT2D eigenvalue weighted by atomic mass is 10.3. The van der Waals surface area contributed by atoms with E-state index >= 15 is 0 Å². The first-order valence-corrected chi connectivity index (χ1v) is 5.59. The number of hydrogen-bond acceptors (Lipinski definition) is 3. The Morgan fingerprint density at radius 1 is 1.57 bits per heavy atom. The maximum Gasteiger partial charge on any atom is 0.323 e. The first-order chi connectivity index (χ1) is 6.49. The third-order valence-corrected chi connectivity index (χ3v) is 2.60. The van der Waals surface area contributed by atoms with Gasteiger partial charge in [0, 0.05) is 18.8 Å². The van der Waals surface area contributed by atoms with Crippen LogP contribution in [0.4, 0.5) is 4.79 Å². The number of aliphatic carboxylic acids is 1. The number of nitrogens with one attached hydrogen (secondary N) is 1. The standard InChI is InChI=1S/C8H16N2O3S/c1-6(5-14-3)10(2)8(13)9-4-7(11)12/h6H,4-5H2,1-3H3,(H,9,13)(H,11,12). The Labute approximate surface area is 87.8 Å². The van der Waals surface area contributed by atoms with E-state index in [2.05, 4.69) is 5.32 Å². The number of urea groups is 1. The molecule has 14 heavy (non-hydrogen) atoms. The van der Waals surface area contributed by atoms with Crippen LogP contribution in [0.5, 0.6) is 0 Å². The van der Waals surface area contributed by atoms with E-state index in [4.69, 9.17) is 5.11 Å². The topological polar surface area (TPSA) is 69.6 Å². The number of rotatable bonds is 5. The molecule has 0 heterocycles. The van der Waals surface area contributed by atoms with E-state index in [1.165, 1.54) is 4.90 Å². The number of carbonyl (C=O) groups is 2. The first kappa shape index (κ1) is 13.1. The number of hydrogen-bond donors (Lipinski definition) is 2. The van der Waals surface area contributed by atoms with E-state index in [0.717, 1.165) is 5.75 Å². The lowest BCUT2D eigenvalue weighted by molar-refractivity contribution is -0.135. The molecule has 6 heteroatoms. The molecule has 2 amide bonds. The Bertz CT molecular complexity index is 211. The summed E-state index contributed by atoms with van der Waals surface area (Å²) >= 11 is 1.64. The summed E-state index contributed by atoms with van der Waals surface area (Å²) in [7, 11) is 1.65. The summed E-state index contributed by atoms with van der Waals surface area (Å²) < 4.78 is 0. The van der Waals surface area contributed by atoms with Crippen molar-refractivity contribution in [2.24, 2.45) is 0 Å². The molecule has 1 unspecified atom stereocenters. The van der Waals surface area contributed by atoms with Gasteiger partial charge in [0.15, 0.2) is 0 Å². The van der Waals surface area contributed by atoms with Gasteiger partial charge in [0.2, 0.25) is 0 Å². The van der Waals surface area contributed by atoms with Crippen LogP contribution < -0.4 is 5.32 Å². The number of carboxylic acid groups (broad SMARTS) is 1. The summed E-state index contributed by atoms with van der Waals surface area (Å²) in [5, 5.41) is 10.6. The Morgan fingerprint density at radius 2 is 2.14 bits per heavy atom. The maximum absolute atomic E-state index is 11.3. The molecule has 5 nitrogen and oxygen atoms in total. The number of carbonyl (C=O) groups excluding carboxylic acids is 1. The lowest BCUT2D eigenvalue weighted by Crippen LogP contribution is -2.44. The van der Waals surface area contributed by atoms with Crippen LogP contribution in [0.3, 0.4) is 0 Å². The van der Waals surface area contributed by atoms with E-state index in [-0.39, 0.29) is 18.6 Å². The summed E-state index contributed by atoms with van der Waals surface area (Å²) in [6.07, 6.45) is 1.96. The van der Waals surface area contributed by atoms with Crippen molar-refractivity contribution in [2.45, 2.75) is 13.0 Å². The molecule has 0 rings (SSSR count). The van der Waals surface area contributed by atoms with Gasteiger partial charge in [-0.25, -0.2) is 4.79 Å². The van der Waals surface area contributed by atoms with Crippen LogP contribution in [-0.4, -0.2) is 53.6 Å². The highest BCUT2D eigenvalue weighted by atomic mass is 32.2. The molecule has 0 saturated carbocycles. The molecule has 82 valence electrons. The van der Waals surface area contributed by atoms with Crippen LogP contribution in [-0.2, 0) is 4.79 Å². The molecule has 0 aromatic rings. The van der Waals surface area contributed by atoms with Crippen LogP contribution in [0.1, 0.15) is 6.92 Å².